The summed E-state index contributed by atoms with van der Waals surface area (Å²) in [6.07, 6.45) is -4.41. The van der Waals surface area contributed by atoms with Crippen LogP contribution in [0, 0.1) is 0 Å². The van der Waals surface area contributed by atoms with E-state index in [9.17, 15) is 13.2 Å². The summed E-state index contributed by atoms with van der Waals surface area (Å²) in [7, 11) is 3.15. The van der Waals surface area contributed by atoms with Crippen LogP contribution in [0.1, 0.15) is 23.6 Å². The van der Waals surface area contributed by atoms with Gasteiger partial charge in [-0.2, -0.15) is 18.2 Å². The van der Waals surface area contributed by atoms with Crippen molar-refractivity contribution in [3.8, 4) is 0 Å². The van der Waals surface area contributed by atoms with Crippen molar-refractivity contribution in [2.75, 3.05) is 14.2 Å². The van der Waals surface area contributed by atoms with Gasteiger partial charge in [0.25, 0.3) is 0 Å². The Bertz CT molecular complexity index is 851. The highest BCUT2D eigenvalue weighted by molar-refractivity contribution is 5.98. The van der Waals surface area contributed by atoms with E-state index in [-0.39, 0.29) is 12.6 Å². The molecule has 6 nitrogen and oxygen atoms in total. The van der Waals surface area contributed by atoms with E-state index in [1.165, 1.54) is 13.2 Å². The molecule has 0 amide bonds. The largest absolute Gasteiger partial charge is 0.467 e. The fourth-order valence-corrected chi connectivity index (χ4v) is 2.25. The Balaban J connectivity index is 2.13. The Kier molecular flexibility index (Phi) is 7.39. The third kappa shape index (κ3) is 5.98. The molecule has 0 atom stereocenters. The molecule has 9 heteroatoms. The standard InChI is InChI=1S/C19H21F3N4O2/c1-13(14-8-6-9-16(11-14)19(20,21)22)26-28-12-15-7-4-5-10-17(15)24-18(27-3)25-23-2/h4-11,23H,12H2,1-3H3,(H,24,25)/b26-13+. The second-order valence-electron chi connectivity index (χ2n) is 5.65. The number of para-hydroxylation sites is 1. The van der Waals surface area contributed by atoms with Gasteiger partial charge in [-0.3, -0.25) is 5.43 Å². The van der Waals surface area contributed by atoms with Crippen LogP contribution in [0.25, 0.3) is 0 Å². The Morgan fingerprint density at radius 3 is 2.54 bits per heavy atom. The lowest BCUT2D eigenvalue weighted by Gasteiger charge is -2.10. The van der Waals surface area contributed by atoms with Crippen LogP contribution < -0.4 is 10.9 Å². The van der Waals surface area contributed by atoms with Gasteiger partial charge in [-0.05, 0) is 30.7 Å². The molecular formula is C19H21F3N4O2. The molecule has 0 fully saturated rings. The highest BCUT2D eigenvalue weighted by Crippen LogP contribution is 2.29. The number of methoxy groups -OCH3 is 1. The van der Waals surface area contributed by atoms with Gasteiger partial charge in [-0.25, -0.2) is 5.43 Å². The number of oxime groups is 1. The third-order valence-electron chi connectivity index (χ3n) is 3.67. The van der Waals surface area contributed by atoms with Crippen molar-refractivity contribution < 1.29 is 22.7 Å². The zero-order valence-electron chi connectivity index (χ0n) is 15.7. The molecule has 2 aromatic rings. The van der Waals surface area contributed by atoms with Gasteiger partial charge >= 0.3 is 12.2 Å². The van der Waals surface area contributed by atoms with Crippen molar-refractivity contribution >= 4 is 17.4 Å². The number of rotatable bonds is 6. The number of halogens is 3. The van der Waals surface area contributed by atoms with Crippen molar-refractivity contribution in [2.45, 2.75) is 19.7 Å². The molecule has 0 aliphatic carbocycles. The number of ether oxygens (including phenoxy) is 1. The van der Waals surface area contributed by atoms with Gasteiger partial charge in [-0.15, -0.1) is 0 Å². The predicted octanol–water partition coefficient (Wildman–Crippen LogP) is 4.00. The molecule has 2 N–H and O–H groups in total. The fraction of sp³-hybridized carbons (Fsp3) is 0.263. The number of benzene rings is 2. The lowest BCUT2D eigenvalue weighted by atomic mass is 10.1. The molecule has 0 bridgehead atoms. The lowest BCUT2D eigenvalue weighted by Crippen LogP contribution is -2.35. The number of alkyl halides is 3. The molecule has 0 heterocycles. The summed E-state index contributed by atoms with van der Waals surface area (Å²) in [5.74, 6) is 0. The van der Waals surface area contributed by atoms with E-state index in [4.69, 9.17) is 9.57 Å². The average Bonchev–Trinajstić information content (AvgIpc) is 2.68. The molecule has 0 saturated carbocycles. The lowest BCUT2D eigenvalue weighted by molar-refractivity contribution is -0.137. The molecule has 0 aromatic heterocycles. The van der Waals surface area contributed by atoms with Crippen LogP contribution in [0.3, 0.4) is 0 Å². The van der Waals surface area contributed by atoms with E-state index in [2.05, 4.69) is 21.0 Å². The molecule has 2 aromatic carbocycles. The van der Waals surface area contributed by atoms with Gasteiger partial charge < -0.3 is 9.57 Å². The zero-order valence-corrected chi connectivity index (χ0v) is 15.7. The Hall–Kier alpha value is -3.07. The van der Waals surface area contributed by atoms with Gasteiger partial charge in [0.2, 0.25) is 0 Å². The van der Waals surface area contributed by atoms with Crippen molar-refractivity contribution in [2.24, 2.45) is 10.1 Å². The number of nitrogens with one attached hydrogen (secondary N) is 2. The van der Waals surface area contributed by atoms with Crippen molar-refractivity contribution in [3.05, 3.63) is 65.2 Å². The minimum absolute atomic E-state index is 0.0898. The number of hydrogen-bond acceptors (Lipinski definition) is 5. The summed E-state index contributed by atoms with van der Waals surface area (Å²) in [5, 5.41) is 3.93. The summed E-state index contributed by atoms with van der Waals surface area (Å²) >= 11 is 0. The van der Waals surface area contributed by atoms with Crippen molar-refractivity contribution in [1.82, 2.24) is 10.9 Å². The summed E-state index contributed by atoms with van der Waals surface area (Å²) in [6.45, 7) is 1.67. The molecule has 2 rings (SSSR count). The maximum absolute atomic E-state index is 12.8. The molecule has 0 radical (unpaired) electrons. The number of nitrogens with zero attached hydrogens (tertiary/aromatic N) is 2. The first-order chi connectivity index (χ1) is 13.3. The fourth-order valence-electron chi connectivity index (χ4n) is 2.25. The molecule has 0 aliphatic rings. The van der Waals surface area contributed by atoms with E-state index in [1.54, 1.807) is 32.2 Å². The van der Waals surface area contributed by atoms with Crippen LogP contribution in [-0.4, -0.2) is 25.9 Å². The molecule has 150 valence electrons. The number of hydrogen-bond donors (Lipinski definition) is 2. The van der Waals surface area contributed by atoms with Crippen LogP contribution in [0.2, 0.25) is 0 Å². The molecule has 0 aliphatic heterocycles. The first-order valence-electron chi connectivity index (χ1n) is 8.32. The SMILES string of the molecule is CNNC(=Nc1ccccc1CO/N=C(\C)c1cccc(C(F)(F)F)c1)OC. The number of amidine groups is 1. The maximum Gasteiger partial charge on any atom is 0.416 e. The van der Waals surface area contributed by atoms with Gasteiger partial charge in [0.05, 0.1) is 24.1 Å². The van der Waals surface area contributed by atoms with Gasteiger partial charge in [0.1, 0.15) is 6.61 Å². The third-order valence-corrected chi connectivity index (χ3v) is 3.67. The van der Waals surface area contributed by atoms with Crippen molar-refractivity contribution in [3.63, 3.8) is 0 Å². The second kappa shape index (κ2) is 9.75. The quantitative estimate of drug-likeness (QED) is 0.442. The van der Waals surface area contributed by atoms with Crippen LogP contribution >= 0.6 is 0 Å². The van der Waals surface area contributed by atoms with Crippen molar-refractivity contribution in [1.29, 1.82) is 0 Å². The van der Waals surface area contributed by atoms with Crippen LogP contribution in [0.4, 0.5) is 18.9 Å². The van der Waals surface area contributed by atoms with Gasteiger partial charge in [0, 0.05) is 12.6 Å². The average molecular weight is 394 g/mol. The number of hydrazine groups is 1. The van der Waals surface area contributed by atoms with Gasteiger partial charge in [-0.1, -0.05) is 35.5 Å². The first kappa shape index (κ1) is 21.2. The monoisotopic (exact) mass is 394 g/mol. The molecule has 28 heavy (non-hydrogen) atoms. The van der Waals surface area contributed by atoms with Crippen LogP contribution in [0.15, 0.2) is 58.7 Å². The summed E-state index contributed by atoms with van der Waals surface area (Å²) in [5.41, 5.74) is 6.72. The smallest absolute Gasteiger partial charge is 0.416 e. The molecule has 0 unspecified atom stereocenters. The van der Waals surface area contributed by atoms with E-state index in [0.29, 0.717) is 17.0 Å². The van der Waals surface area contributed by atoms with E-state index >= 15 is 0 Å². The Morgan fingerprint density at radius 2 is 1.86 bits per heavy atom. The predicted molar refractivity (Wildman–Crippen MR) is 101 cm³/mol. The molecule has 0 spiro atoms. The topological polar surface area (TPSA) is 67.2 Å². The first-order valence-corrected chi connectivity index (χ1v) is 8.32. The Morgan fingerprint density at radius 1 is 1.11 bits per heavy atom. The highest BCUT2D eigenvalue weighted by atomic mass is 19.4. The Labute approximate surface area is 161 Å². The zero-order chi connectivity index (χ0) is 20.6. The number of aliphatic imine (C=N–C) groups is 1. The molecule has 0 saturated heterocycles. The maximum atomic E-state index is 12.8. The second-order valence-corrected chi connectivity index (χ2v) is 5.65. The summed E-state index contributed by atoms with van der Waals surface area (Å²) in [4.78, 5) is 9.67. The minimum Gasteiger partial charge on any atom is -0.467 e. The van der Waals surface area contributed by atoms with E-state index in [1.807, 2.05) is 12.1 Å². The summed E-state index contributed by atoms with van der Waals surface area (Å²) < 4.78 is 43.6. The van der Waals surface area contributed by atoms with Crippen LogP contribution in [0.5, 0.6) is 0 Å². The summed E-state index contributed by atoms with van der Waals surface area (Å²) in [6, 6.07) is 12.4. The normalized spacial score (nSPS) is 12.6. The van der Waals surface area contributed by atoms with Crippen LogP contribution in [-0.2, 0) is 22.4 Å². The molecular weight excluding hydrogens is 373 g/mol. The highest BCUT2D eigenvalue weighted by Gasteiger charge is 2.30. The van der Waals surface area contributed by atoms with E-state index < -0.39 is 11.7 Å². The minimum atomic E-state index is -4.41. The van der Waals surface area contributed by atoms with E-state index in [0.717, 1.165) is 17.7 Å². The van der Waals surface area contributed by atoms with Gasteiger partial charge in [0.15, 0.2) is 0 Å².